The van der Waals surface area contributed by atoms with Gasteiger partial charge in [0.25, 0.3) is 0 Å². The molecule has 98 valence electrons. The highest BCUT2D eigenvalue weighted by Crippen LogP contribution is 2.09. The summed E-state index contributed by atoms with van der Waals surface area (Å²) in [6.45, 7) is 7.51. The molecule has 2 fully saturated rings. The van der Waals surface area contributed by atoms with Gasteiger partial charge in [0.2, 0.25) is 0 Å². The number of halogens is 2. The molecule has 1 N–H and O–H groups in total. The van der Waals surface area contributed by atoms with Gasteiger partial charge in [-0.2, -0.15) is 0 Å². The van der Waals surface area contributed by atoms with E-state index < -0.39 is 0 Å². The smallest absolute Gasteiger partial charge is 0.0195 e. The first kappa shape index (κ1) is 16.5. The van der Waals surface area contributed by atoms with E-state index in [1.54, 1.807) is 0 Å². The van der Waals surface area contributed by atoms with Gasteiger partial charge in [-0.1, -0.05) is 6.42 Å². The summed E-state index contributed by atoms with van der Waals surface area (Å²) >= 11 is 0. The fourth-order valence-electron chi connectivity index (χ4n) is 2.42. The molecule has 0 radical (unpaired) electrons. The summed E-state index contributed by atoms with van der Waals surface area (Å²) in [5.41, 5.74) is 0. The third kappa shape index (κ3) is 5.19. The van der Waals surface area contributed by atoms with Crippen molar-refractivity contribution in [2.24, 2.45) is 0 Å². The average molecular weight is 270 g/mol. The highest BCUT2D eigenvalue weighted by Gasteiger charge is 2.19. The number of likely N-dealkylation sites (N-methyl/N-ethyl adjacent to an activating group) is 1. The van der Waals surface area contributed by atoms with Gasteiger partial charge in [-0.3, -0.25) is 4.90 Å². The van der Waals surface area contributed by atoms with Gasteiger partial charge in [0.1, 0.15) is 0 Å². The summed E-state index contributed by atoms with van der Waals surface area (Å²) in [4.78, 5) is 5.04. The molecule has 5 heteroatoms. The summed E-state index contributed by atoms with van der Waals surface area (Å²) in [5, 5.41) is 3.62. The van der Waals surface area contributed by atoms with Crippen molar-refractivity contribution in [2.45, 2.75) is 25.3 Å². The molecule has 2 saturated heterocycles. The Morgan fingerprint density at radius 1 is 1.06 bits per heavy atom. The lowest BCUT2D eigenvalue weighted by Crippen LogP contribution is -2.50. The van der Waals surface area contributed by atoms with Crippen LogP contribution in [0.15, 0.2) is 0 Å². The van der Waals surface area contributed by atoms with E-state index in [-0.39, 0.29) is 24.8 Å². The van der Waals surface area contributed by atoms with E-state index in [0.717, 1.165) is 6.04 Å². The van der Waals surface area contributed by atoms with E-state index in [0.29, 0.717) is 0 Å². The summed E-state index contributed by atoms with van der Waals surface area (Å²) < 4.78 is 0. The third-order valence-corrected chi connectivity index (χ3v) is 3.49. The Morgan fingerprint density at radius 2 is 1.75 bits per heavy atom. The number of hydrogen-bond acceptors (Lipinski definition) is 3. The molecule has 2 aliphatic rings. The maximum Gasteiger partial charge on any atom is 0.0195 e. The first-order valence-electron chi connectivity index (χ1n) is 5.99. The van der Waals surface area contributed by atoms with Crippen molar-refractivity contribution >= 4 is 24.8 Å². The van der Waals surface area contributed by atoms with E-state index >= 15 is 0 Å². The van der Waals surface area contributed by atoms with E-state index in [1.165, 1.54) is 58.5 Å². The topological polar surface area (TPSA) is 18.5 Å². The quantitative estimate of drug-likeness (QED) is 0.814. The van der Waals surface area contributed by atoms with Crippen molar-refractivity contribution < 1.29 is 0 Å². The van der Waals surface area contributed by atoms with Crippen LogP contribution in [0, 0.1) is 0 Å². The largest absolute Gasteiger partial charge is 0.313 e. The molecule has 0 saturated carbocycles. The molecule has 3 nitrogen and oxygen atoms in total. The molecule has 1 atom stereocenters. The highest BCUT2D eigenvalue weighted by molar-refractivity contribution is 5.85. The maximum atomic E-state index is 3.62. The van der Waals surface area contributed by atoms with Gasteiger partial charge < -0.3 is 10.2 Å². The van der Waals surface area contributed by atoms with Crippen LogP contribution in [-0.4, -0.2) is 62.2 Å². The normalized spacial score (nSPS) is 27.9. The van der Waals surface area contributed by atoms with Crippen LogP contribution in [0.4, 0.5) is 0 Å². The number of nitrogens with zero attached hydrogens (tertiary/aromatic N) is 2. The number of piperidine rings is 1. The van der Waals surface area contributed by atoms with Crippen molar-refractivity contribution in [1.29, 1.82) is 0 Å². The molecule has 0 aromatic heterocycles. The Labute approximate surface area is 112 Å². The molecule has 1 unspecified atom stereocenters. The Bertz CT molecular complexity index is 167. The molecular weight excluding hydrogens is 245 g/mol. The van der Waals surface area contributed by atoms with Gasteiger partial charge in [0, 0.05) is 38.8 Å². The molecule has 16 heavy (non-hydrogen) atoms. The molecule has 0 aromatic carbocycles. The summed E-state index contributed by atoms with van der Waals surface area (Å²) in [6, 6.07) is 0.771. The first-order chi connectivity index (χ1) is 6.84. The fraction of sp³-hybridized carbons (Fsp3) is 1.00. The van der Waals surface area contributed by atoms with E-state index in [1.807, 2.05) is 0 Å². The third-order valence-electron chi connectivity index (χ3n) is 3.49. The molecular formula is C11H25Cl2N3. The zero-order valence-electron chi connectivity index (χ0n) is 10.2. The fourth-order valence-corrected chi connectivity index (χ4v) is 2.42. The zero-order valence-corrected chi connectivity index (χ0v) is 11.8. The van der Waals surface area contributed by atoms with Crippen LogP contribution in [-0.2, 0) is 0 Å². The second-order valence-corrected chi connectivity index (χ2v) is 4.75. The Balaban J connectivity index is 0.00000112. The molecule has 0 bridgehead atoms. The van der Waals surface area contributed by atoms with Crippen molar-refractivity contribution in [2.75, 3.05) is 46.3 Å². The lowest BCUT2D eigenvalue weighted by Gasteiger charge is -2.36. The molecule has 2 rings (SSSR count). The lowest BCUT2D eigenvalue weighted by molar-refractivity contribution is 0.137. The molecule has 0 aromatic rings. The monoisotopic (exact) mass is 269 g/mol. The Kier molecular flexibility index (Phi) is 8.78. The first-order valence-corrected chi connectivity index (χ1v) is 5.99. The summed E-state index contributed by atoms with van der Waals surface area (Å²) in [7, 11) is 2.22. The number of hydrogen-bond donors (Lipinski definition) is 1. The Hall–Kier alpha value is 0.460. The predicted octanol–water partition coefficient (Wildman–Crippen LogP) is 1.22. The van der Waals surface area contributed by atoms with Crippen LogP contribution in [0.25, 0.3) is 0 Å². The SMILES string of the molecule is CN1CCN(CC2CCCCN2)CC1.Cl.Cl. The Morgan fingerprint density at radius 3 is 2.31 bits per heavy atom. The predicted molar refractivity (Wildman–Crippen MR) is 74.1 cm³/mol. The van der Waals surface area contributed by atoms with Gasteiger partial charge in [-0.25, -0.2) is 0 Å². The van der Waals surface area contributed by atoms with Crippen LogP contribution in [0.3, 0.4) is 0 Å². The van der Waals surface area contributed by atoms with Gasteiger partial charge in [-0.05, 0) is 26.4 Å². The van der Waals surface area contributed by atoms with E-state index in [2.05, 4.69) is 22.2 Å². The number of nitrogens with one attached hydrogen (secondary N) is 1. The van der Waals surface area contributed by atoms with Crippen molar-refractivity contribution in [3.05, 3.63) is 0 Å². The van der Waals surface area contributed by atoms with Crippen molar-refractivity contribution in [3.8, 4) is 0 Å². The zero-order chi connectivity index (χ0) is 9.80. The van der Waals surface area contributed by atoms with Crippen LogP contribution >= 0.6 is 24.8 Å². The summed E-state index contributed by atoms with van der Waals surface area (Å²) in [5.74, 6) is 0. The van der Waals surface area contributed by atoms with E-state index in [9.17, 15) is 0 Å². The van der Waals surface area contributed by atoms with Crippen LogP contribution in [0.1, 0.15) is 19.3 Å². The number of piperazine rings is 1. The number of rotatable bonds is 2. The van der Waals surface area contributed by atoms with Gasteiger partial charge in [0.15, 0.2) is 0 Å². The summed E-state index contributed by atoms with van der Waals surface area (Å²) in [6.07, 6.45) is 4.18. The maximum absolute atomic E-state index is 3.62. The van der Waals surface area contributed by atoms with Crippen LogP contribution in [0.5, 0.6) is 0 Å². The minimum Gasteiger partial charge on any atom is -0.313 e. The molecule has 0 aliphatic carbocycles. The van der Waals surface area contributed by atoms with E-state index in [4.69, 9.17) is 0 Å². The van der Waals surface area contributed by atoms with Gasteiger partial charge >= 0.3 is 0 Å². The van der Waals surface area contributed by atoms with Gasteiger partial charge in [-0.15, -0.1) is 24.8 Å². The highest BCUT2D eigenvalue weighted by atomic mass is 35.5. The average Bonchev–Trinajstić information content (AvgIpc) is 2.23. The molecule has 2 aliphatic heterocycles. The lowest BCUT2D eigenvalue weighted by atomic mass is 10.0. The van der Waals surface area contributed by atoms with Crippen LogP contribution in [0.2, 0.25) is 0 Å². The standard InChI is InChI=1S/C11H23N3.2ClH/c1-13-6-8-14(9-7-13)10-11-4-2-3-5-12-11;;/h11-12H,2-10H2,1H3;2*1H. The minimum absolute atomic E-state index is 0. The van der Waals surface area contributed by atoms with Crippen molar-refractivity contribution in [1.82, 2.24) is 15.1 Å². The second-order valence-electron chi connectivity index (χ2n) is 4.75. The van der Waals surface area contributed by atoms with Crippen LogP contribution < -0.4 is 5.32 Å². The minimum atomic E-state index is 0. The second kappa shape index (κ2) is 8.54. The van der Waals surface area contributed by atoms with Gasteiger partial charge in [0.05, 0.1) is 0 Å². The van der Waals surface area contributed by atoms with Crippen molar-refractivity contribution in [3.63, 3.8) is 0 Å². The molecule has 0 amide bonds. The molecule has 0 spiro atoms. The molecule has 2 heterocycles.